The topological polar surface area (TPSA) is 32.3 Å². The molecule has 0 aliphatic carbocycles. The van der Waals surface area contributed by atoms with Crippen molar-refractivity contribution >= 4 is 17.5 Å². The lowest BCUT2D eigenvalue weighted by Crippen LogP contribution is -2.43. The Morgan fingerprint density at radius 1 is 1.32 bits per heavy atom. The molecule has 2 fully saturated rings. The van der Waals surface area contributed by atoms with Crippen LogP contribution in [0.2, 0.25) is 5.02 Å². The summed E-state index contributed by atoms with van der Waals surface area (Å²) in [6.45, 7) is 1.83. The molecule has 3 rings (SSSR count). The van der Waals surface area contributed by atoms with Crippen LogP contribution in [0.5, 0.6) is 0 Å². The SMILES string of the molecule is O=C([C@@H]1CCCN1)N1CCCC1c1cccc(Cl)c1. The van der Waals surface area contributed by atoms with E-state index in [1.807, 2.05) is 23.1 Å². The molecule has 1 aromatic carbocycles. The van der Waals surface area contributed by atoms with Crippen LogP contribution < -0.4 is 5.32 Å². The van der Waals surface area contributed by atoms with E-state index in [1.165, 1.54) is 0 Å². The van der Waals surface area contributed by atoms with Crippen LogP contribution in [0.25, 0.3) is 0 Å². The zero-order chi connectivity index (χ0) is 13.2. The van der Waals surface area contributed by atoms with E-state index in [0.29, 0.717) is 0 Å². The molecule has 19 heavy (non-hydrogen) atoms. The summed E-state index contributed by atoms with van der Waals surface area (Å²) in [5, 5.41) is 4.05. The Bertz CT molecular complexity index is 471. The molecule has 0 bridgehead atoms. The first-order chi connectivity index (χ1) is 9.25. The molecule has 0 spiro atoms. The number of hydrogen-bond acceptors (Lipinski definition) is 2. The minimum atomic E-state index is 0.0276. The summed E-state index contributed by atoms with van der Waals surface area (Å²) < 4.78 is 0. The van der Waals surface area contributed by atoms with E-state index in [1.54, 1.807) is 0 Å². The Labute approximate surface area is 118 Å². The zero-order valence-electron chi connectivity index (χ0n) is 10.9. The molecule has 3 nitrogen and oxygen atoms in total. The van der Waals surface area contributed by atoms with Crippen molar-refractivity contribution in [1.82, 2.24) is 10.2 Å². The second-order valence-corrected chi connectivity index (χ2v) is 5.83. The van der Waals surface area contributed by atoms with Crippen LogP contribution in [0.1, 0.15) is 37.3 Å². The van der Waals surface area contributed by atoms with Crippen molar-refractivity contribution in [1.29, 1.82) is 0 Å². The highest BCUT2D eigenvalue weighted by molar-refractivity contribution is 6.30. The Kier molecular flexibility index (Phi) is 3.76. The number of benzene rings is 1. The second kappa shape index (κ2) is 5.51. The van der Waals surface area contributed by atoms with E-state index in [2.05, 4.69) is 11.4 Å². The molecular formula is C15H19ClN2O. The Morgan fingerprint density at radius 3 is 2.95 bits per heavy atom. The summed E-state index contributed by atoms with van der Waals surface area (Å²) in [5.41, 5.74) is 1.16. The van der Waals surface area contributed by atoms with Gasteiger partial charge in [-0.3, -0.25) is 4.79 Å². The average molecular weight is 279 g/mol. The van der Waals surface area contributed by atoms with Gasteiger partial charge < -0.3 is 10.2 Å². The molecule has 1 N–H and O–H groups in total. The molecule has 0 saturated carbocycles. The number of likely N-dealkylation sites (tertiary alicyclic amines) is 1. The lowest BCUT2D eigenvalue weighted by atomic mass is 10.0. The van der Waals surface area contributed by atoms with Crippen molar-refractivity contribution < 1.29 is 4.79 Å². The van der Waals surface area contributed by atoms with Gasteiger partial charge in [0.15, 0.2) is 0 Å². The summed E-state index contributed by atoms with van der Waals surface area (Å²) in [5.74, 6) is 0.264. The number of rotatable bonds is 2. The molecule has 0 aromatic heterocycles. The summed E-state index contributed by atoms with van der Waals surface area (Å²) in [4.78, 5) is 14.6. The van der Waals surface area contributed by atoms with Crippen LogP contribution in [-0.4, -0.2) is 29.9 Å². The van der Waals surface area contributed by atoms with Crippen LogP contribution in [-0.2, 0) is 4.79 Å². The van der Waals surface area contributed by atoms with Crippen molar-refractivity contribution in [2.45, 2.75) is 37.8 Å². The first-order valence-electron chi connectivity index (χ1n) is 7.05. The standard InChI is InChI=1S/C15H19ClN2O/c16-12-5-1-4-11(10-12)14-7-3-9-18(14)15(19)13-6-2-8-17-13/h1,4-5,10,13-14,17H,2-3,6-9H2/t13-,14?/m0/s1. The summed E-state index contributed by atoms with van der Waals surface area (Å²) >= 11 is 6.06. The number of halogens is 1. The average Bonchev–Trinajstić information content (AvgIpc) is 3.09. The quantitative estimate of drug-likeness (QED) is 0.902. The number of nitrogens with one attached hydrogen (secondary N) is 1. The van der Waals surface area contributed by atoms with Crippen LogP contribution in [0.15, 0.2) is 24.3 Å². The normalized spacial score (nSPS) is 26.9. The molecule has 102 valence electrons. The fraction of sp³-hybridized carbons (Fsp3) is 0.533. The first kappa shape index (κ1) is 12.9. The van der Waals surface area contributed by atoms with E-state index in [4.69, 9.17) is 11.6 Å². The van der Waals surface area contributed by atoms with Gasteiger partial charge in [0.1, 0.15) is 0 Å². The monoisotopic (exact) mass is 278 g/mol. The second-order valence-electron chi connectivity index (χ2n) is 5.39. The smallest absolute Gasteiger partial charge is 0.240 e. The highest BCUT2D eigenvalue weighted by atomic mass is 35.5. The maximum Gasteiger partial charge on any atom is 0.240 e. The molecule has 2 atom stereocenters. The predicted octanol–water partition coefficient (Wildman–Crippen LogP) is 2.76. The van der Waals surface area contributed by atoms with E-state index in [9.17, 15) is 4.79 Å². The minimum absolute atomic E-state index is 0.0276. The zero-order valence-corrected chi connectivity index (χ0v) is 11.7. The molecule has 0 radical (unpaired) electrons. The predicted molar refractivity (Wildman–Crippen MR) is 76.2 cm³/mol. The highest BCUT2D eigenvalue weighted by Crippen LogP contribution is 2.33. The number of nitrogens with zero attached hydrogens (tertiary/aromatic N) is 1. The van der Waals surface area contributed by atoms with E-state index in [-0.39, 0.29) is 18.0 Å². The number of carbonyl (C=O) groups excluding carboxylic acids is 1. The van der Waals surface area contributed by atoms with Gasteiger partial charge in [-0.2, -0.15) is 0 Å². The van der Waals surface area contributed by atoms with E-state index in [0.717, 1.165) is 49.4 Å². The molecule has 2 saturated heterocycles. The van der Waals surface area contributed by atoms with Gasteiger partial charge in [-0.15, -0.1) is 0 Å². The lowest BCUT2D eigenvalue weighted by Gasteiger charge is -2.28. The Balaban J connectivity index is 1.79. The van der Waals surface area contributed by atoms with Crippen molar-refractivity contribution in [2.75, 3.05) is 13.1 Å². The van der Waals surface area contributed by atoms with Crippen molar-refractivity contribution in [3.8, 4) is 0 Å². The third-order valence-electron chi connectivity index (χ3n) is 4.13. The van der Waals surface area contributed by atoms with Gasteiger partial charge in [0.25, 0.3) is 0 Å². The number of carbonyl (C=O) groups is 1. The van der Waals surface area contributed by atoms with Gasteiger partial charge in [0.05, 0.1) is 12.1 Å². The van der Waals surface area contributed by atoms with Gasteiger partial charge in [-0.1, -0.05) is 23.7 Å². The number of amides is 1. The van der Waals surface area contributed by atoms with E-state index < -0.39 is 0 Å². The third kappa shape index (κ3) is 2.63. The molecule has 2 aliphatic rings. The molecule has 1 amide bonds. The number of hydrogen-bond donors (Lipinski definition) is 1. The van der Waals surface area contributed by atoms with Gasteiger partial charge in [0.2, 0.25) is 5.91 Å². The maximum atomic E-state index is 12.5. The molecule has 1 unspecified atom stereocenters. The van der Waals surface area contributed by atoms with Crippen LogP contribution in [0, 0.1) is 0 Å². The van der Waals surface area contributed by atoms with Gasteiger partial charge in [0, 0.05) is 11.6 Å². The summed E-state index contributed by atoms with van der Waals surface area (Å²) in [6, 6.07) is 8.13. The fourth-order valence-electron chi connectivity index (χ4n) is 3.19. The minimum Gasteiger partial charge on any atom is -0.334 e. The van der Waals surface area contributed by atoms with E-state index >= 15 is 0 Å². The van der Waals surface area contributed by atoms with Crippen LogP contribution in [0.4, 0.5) is 0 Å². The Morgan fingerprint density at radius 2 is 2.21 bits per heavy atom. The molecule has 2 aliphatic heterocycles. The van der Waals surface area contributed by atoms with Crippen molar-refractivity contribution in [3.63, 3.8) is 0 Å². The summed E-state index contributed by atoms with van der Waals surface area (Å²) in [7, 11) is 0. The van der Waals surface area contributed by atoms with Crippen molar-refractivity contribution in [2.24, 2.45) is 0 Å². The first-order valence-corrected chi connectivity index (χ1v) is 7.43. The van der Waals surface area contributed by atoms with Crippen molar-refractivity contribution in [3.05, 3.63) is 34.9 Å². The van der Waals surface area contributed by atoms with Gasteiger partial charge in [-0.25, -0.2) is 0 Å². The highest BCUT2D eigenvalue weighted by Gasteiger charge is 2.34. The largest absolute Gasteiger partial charge is 0.334 e. The maximum absolute atomic E-state index is 12.5. The third-order valence-corrected chi connectivity index (χ3v) is 4.36. The lowest BCUT2D eigenvalue weighted by molar-refractivity contribution is -0.134. The van der Waals surface area contributed by atoms with Crippen LogP contribution in [0.3, 0.4) is 0 Å². The molecule has 1 aromatic rings. The molecule has 2 heterocycles. The fourth-order valence-corrected chi connectivity index (χ4v) is 3.39. The molecular weight excluding hydrogens is 260 g/mol. The Hall–Kier alpha value is -1.06. The van der Waals surface area contributed by atoms with Gasteiger partial charge in [-0.05, 0) is 49.9 Å². The summed E-state index contributed by atoms with van der Waals surface area (Å²) in [6.07, 6.45) is 4.19. The molecule has 4 heteroatoms. The van der Waals surface area contributed by atoms with Crippen LogP contribution >= 0.6 is 11.6 Å². The van der Waals surface area contributed by atoms with Gasteiger partial charge >= 0.3 is 0 Å².